The SMILES string of the molecule is CC(=O)c1cccc(-c2ccc(C(=O)N3CC(N4CCCCC4C)C3)cc2)c1. The maximum Gasteiger partial charge on any atom is 0.253 e. The van der Waals surface area contributed by atoms with Crippen molar-refractivity contribution in [1.82, 2.24) is 9.80 Å². The summed E-state index contributed by atoms with van der Waals surface area (Å²) in [4.78, 5) is 28.9. The van der Waals surface area contributed by atoms with Gasteiger partial charge in [0.25, 0.3) is 5.91 Å². The second-order valence-corrected chi connectivity index (χ2v) is 8.16. The third kappa shape index (κ3) is 3.74. The minimum absolute atomic E-state index is 0.0593. The zero-order chi connectivity index (χ0) is 19.7. The van der Waals surface area contributed by atoms with Crippen LogP contribution in [0.25, 0.3) is 11.1 Å². The van der Waals surface area contributed by atoms with E-state index in [9.17, 15) is 9.59 Å². The Morgan fingerprint density at radius 3 is 2.36 bits per heavy atom. The van der Waals surface area contributed by atoms with E-state index in [4.69, 9.17) is 0 Å². The predicted molar refractivity (Wildman–Crippen MR) is 112 cm³/mol. The van der Waals surface area contributed by atoms with Crippen LogP contribution in [0.2, 0.25) is 0 Å². The Morgan fingerprint density at radius 1 is 0.929 bits per heavy atom. The molecular weight excluding hydrogens is 348 g/mol. The van der Waals surface area contributed by atoms with E-state index in [1.54, 1.807) is 6.92 Å². The number of piperidine rings is 1. The molecule has 0 radical (unpaired) electrons. The average molecular weight is 377 g/mol. The maximum absolute atomic E-state index is 12.8. The molecule has 2 aliphatic heterocycles. The van der Waals surface area contributed by atoms with Gasteiger partial charge in [0.1, 0.15) is 0 Å². The van der Waals surface area contributed by atoms with Gasteiger partial charge in [-0.15, -0.1) is 0 Å². The normalized spacial score (nSPS) is 20.6. The first-order chi connectivity index (χ1) is 13.5. The number of rotatable bonds is 4. The molecule has 146 valence electrons. The Kier molecular flexibility index (Phi) is 5.31. The third-order valence-electron chi connectivity index (χ3n) is 6.21. The van der Waals surface area contributed by atoms with E-state index in [1.807, 2.05) is 53.4 Å². The summed E-state index contributed by atoms with van der Waals surface area (Å²) < 4.78 is 0. The first kappa shape index (κ1) is 18.9. The van der Waals surface area contributed by atoms with Gasteiger partial charge in [-0.1, -0.05) is 36.8 Å². The van der Waals surface area contributed by atoms with Crippen LogP contribution in [0.5, 0.6) is 0 Å². The van der Waals surface area contributed by atoms with E-state index in [-0.39, 0.29) is 11.7 Å². The highest BCUT2D eigenvalue weighted by Gasteiger charge is 2.37. The largest absolute Gasteiger partial charge is 0.335 e. The van der Waals surface area contributed by atoms with Crippen LogP contribution in [-0.4, -0.2) is 53.2 Å². The summed E-state index contributed by atoms with van der Waals surface area (Å²) in [6.07, 6.45) is 3.88. The van der Waals surface area contributed by atoms with Gasteiger partial charge in [0, 0.05) is 36.3 Å². The van der Waals surface area contributed by atoms with Gasteiger partial charge in [-0.2, -0.15) is 0 Å². The Balaban J connectivity index is 1.40. The van der Waals surface area contributed by atoms with Crippen LogP contribution in [0.1, 0.15) is 53.8 Å². The number of hydrogen-bond donors (Lipinski definition) is 0. The quantitative estimate of drug-likeness (QED) is 0.749. The molecule has 1 unspecified atom stereocenters. The van der Waals surface area contributed by atoms with E-state index in [0.717, 1.165) is 29.8 Å². The molecule has 1 amide bonds. The van der Waals surface area contributed by atoms with E-state index in [1.165, 1.54) is 25.8 Å². The first-order valence-electron chi connectivity index (χ1n) is 10.3. The van der Waals surface area contributed by atoms with Gasteiger partial charge in [-0.25, -0.2) is 0 Å². The molecule has 2 aromatic rings. The Hall–Kier alpha value is -2.46. The number of carbonyl (C=O) groups excluding carboxylic acids is 2. The summed E-state index contributed by atoms with van der Waals surface area (Å²) in [5, 5.41) is 0. The van der Waals surface area contributed by atoms with Gasteiger partial charge in [-0.3, -0.25) is 14.5 Å². The number of Topliss-reactive ketones (excluding diaryl/α,β-unsaturated/α-hetero) is 1. The van der Waals surface area contributed by atoms with E-state index < -0.39 is 0 Å². The topological polar surface area (TPSA) is 40.6 Å². The van der Waals surface area contributed by atoms with Crippen molar-refractivity contribution < 1.29 is 9.59 Å². The number of ketones is 1. The summed E-state index contributed by atoms with van der Waals surface area (Å²) in [7, 11) is 0. The van der Waals surface area contributed by atoms with E-state index in [2.05, 4.69) is 11.8 Å². The summed E-state index contributed by atoms with van der Waals surface area (Å²) >= 11 is 0. The summed E-state index contributed by atoms with van der Waals surface area (Å²) in [6.45, 7) is 6.73. The standard InChI is InChI=1S/C24H28N2O2/c1-17-6-3-4-13-26(17)23-15-25(16-23)24(28)20-11-9-19(10-12-20)22-8-5-7-21(14-22)18(2)27/h5,7-12,14,17,23H,3-4,6,13,15-16H2,1-2H3. The number of likely N-dealkylation sites (tertiary alicyclic amines) is 2. The number of amides is 1. The fourth-order valence-corrected chi connectivity index (χ4v) is 4.40. The number of nitrogens with zero attached hydrogens (tertiary/aromatic N) is 2. The van der Waals surface area contributed by atoms with Crippen molar-refractivity contribution in [3.63, 3.8) is 0 Å². The molecule has 0 spiro atoms. The van der Waals surface area contributed by atoms with Gasteiger partial charge >= 0.3 is 0 Å². The predicted octanol–water partition coefficient (Wildman–Crippen LogP) is 4.26. The van der Waals surface area contributed by atoms with Gasteiger partial charge in [0.2, 0.25) is 0 Å². The lowest BCUT2D eigenvalue weighted by atomic mass is 9.96. The van der Waals surface area contributed by atoms with Crippen molar-refractivity contribution in [3.8, 4) is 11.1 Å². The molecule has 0 N–H and O–H groups in total. The molecular formula is C24H28N2O2. The highest BCUT2D eigenvalue weighted by Crippen LogP contribution is 2.26. The van der Waals surface area contributed by atoms with Crippen molar-refractivity contribution in [2.45, 2.75) is 45.2 Å². The minimum atomic E-state index is 0.0593. The molecule has 0 bridgehead atoms. The van der Waals surface area contributed by atoms with Crippen molar-refractivity contribution in [2.24, 2.45) is 0 Å². The second-order valence-electron chi connectivity index (χ2n) is 8.16. The summed E-state index contributed by atoms with van der Waals surface area (Å²) in [5.41, 5.74) is 3.45. The molecule has 0 saturated carbocycles. The van der Waals surface area contributed by atoms with E-state index >= 15 is 0 Å². The van der Waals surface area contributed by atoms with Crippen LogP contribution < -0.4 is 0 Å². The van der Waals surface area contributed by atoms with Gasteiger partial charge in [0.15, 0.2) is 5.78 Å². The minimum Gasteiger partial charge on any atom is -0.335 e. The molecule has 28 heavy (non-hydrogen) atoms. The van der Waals surface area contributed by atoms with Gasteiger partial charge < -0.3 is 4.90 Å². The van der Waals surface area contributed by atoms with Gasteiger partial charge in [0.05, 0.1) is 0 Å². The molecule has 0 aliphatic carbocycles. The molecule has 2 aromatic carbocycles. The van der Waals surface area contributed by atoms with Gasteiger partial charge in [-0.05, 0) is 62.6 Å². The Labute approximate surface area is 167 Å². The lowest BCUT2D eigenvalue weighted by molar-refractivity contribution is 0.00213. The molecule has 0 aromatic heterocycles. The van der Waals surface area contributed by atoms with Crippen molar-refractivity contribution in [1.29, 1.82) is 0 Å². The summed E-state index contributed by atoms with van der Waals surface area (Å²) in [6, 6.07) is 16.5. The van der Waals surface area contributed by atoms with Crippen molar-refractivity contribution in [3.05, 3.63) is 59.7 Å². The Bertz CT molecular complexity index is 868. The van der Waals surface area contributed by atoms with E-state index in [0.29, 0.717) is 17.6 Å². The fourth-order valence-electron chi connectivity index (χ4n) is 4.40. The third-order valence-corrected chi connectivity index (χ3v) is 6.21. The molecule has 4 heteroatoms. The zero-order valence-electron chi connectivity index (χ0n) is 16.7. The van der Waals surface area contributed by atoms with Crippen LogP contribution in [0.15, 0.2) is 48.5 Å². The zero-order valence-corrected chi connectivity index (χ0v) is 16.7. The molecule has 2 saturated heterocycles. The second kappa shape index (κ2) is 7.88. The maximum atomic E-state index is 12.8. The molecule has 1 atom stereocenters. The monoisotopic (exact) mass is 376 g/mol. The van der Waals surface area contributed by atoms with Crippen LogP contribution in [0.4, 0.5) is 0 Å². The fraction of sp³-hybridized carbons (Fsp3) is 0.417. The highest BCUT2D eigenvalue weighted by atomic mass is 16.2. The Morgan fingerprint density at radius 2 is 1.68 bits per heavy atom. The number of benzene rings is 2. The van der Waals surface area contributed by atoms with Crippen LogP contribution in [0, 0.1) is 0 Å². The molecule has 2 heterocycles. The molecule has 2 fully saturated rings. The number of hydrogen-bond acceptors (Lipinski definition) is 3. The lowest BCUT2D eigenvalue weighted by Gasteiger charge is -2.49. The van der Waals surface area contributed by atoms with Crippen LogP contribution in [-0.2, 0) is 0 Å². The molecule has 4 rings (SSSR count). The molecule has 4 nitrogen and oxygen atoms in total. The van der Waals surface area contributed by atoms with Crippen molar-refractivity contribution in [2.75, 3.05) is 19.6 Å². The summed E-state index contributed by atoms with van der Waals surface area (Å²) in [5.74, 6) is 0.175. The lowest BCUT2D eigenvalue weighted by Crippen LogP contribution is -2.63. The molecule has 2 aliphatic rings. The average Bonchev–Trinajstić information content (AvgIpc) is 2.68. The van der Waals surface area contributed by atoms with Crippen LogP contribution >= 0.6 is 0 Å². The van der Waals surface area contributed by atoms with Crippen molar-refractivity contribution >= 4 is 11.7 Å². The number of carbonyl (C=O) groups is 2. The highest BCUT2D eigenvalue weighted by molar-refractivity contribution is 5.96. The smallest absolute Gasteiger partial charge is 0.253 e. The first-order valence-corrected chi connectivity index (χ1v) is 10.3. The van der Waals surface area contributed by atoms with Crippen LogP contribution in [0.3, 0.4) is 0 Å².